The largest absolute Gasteiger partial charge is 0.391 e. The van der Waals surface area contributed by atoms with Gasteiger partial charge in [0.25, 0.3) is 0 Å². The molecule has 18 heavy (non-hydrogen) atoms. The van der Waals surface area contributed by atoms with Gasteiger partial charge < -0.3 is 10.1 Å². The topological polar surface area (TPSA) is 34.1 Å². The van der Waals surface area contributed by atoms with E-state index in [1.54, 1.807) is 18.3 Å². The molecule has 0 saturated carbocycles. The van der Waals surface area contributed by atoms with E-state index in [1.165, 1.54) is 0 Å². The molecular formula is C12H17F3N2O. The van der Waals surface area contributed by atoms with E-state index in [0.717, 1.165) is 24.3 Å². The summed E-state index contributed by atoms with van der Waals surface area (Å²) in [6.07, 6.45) is -2.47. The normalized spacial score (nSPS) is 11.6. The lowest BCUT2D eigenvalue weighted by Crippen LogP contribution is -2.11. The summed E-state index contributed by atoms with van der Waals surface area (Å²) >= 11 is 0. The summed E-state index contributed by atoms with van der Waals surface area (Å²) in [4.78, 5) is 4.13. The molecule has 1 rings (SSSR count). The van der Waals surface area contributed by atoms with Gasteiger partial charge in [0, 0.05) is 12.7 Å². The average Bonchev–Trinajstić information content (AvgIpc) is 2.32. The van der Waals surface area contributed by atoms with E-state index in [0.29, 0.717) is 0 Å². The molecule has 0 amide bonds. The number of rotatable bonds is 7. The van der Waals surface area contributed by atoms with Crippen LogP contribution in [0.4, 0.5) is 19.0 Å². The van der Waals surface area contributed by atoms with Crippen molar-refractivity contribution in [3.05, 3.63) is 23.9 Å². The summed E-state index contributed by atoms with van der Waals surface area (Å²) in [5, 5.41) is 3.11. The van der Waals surface area contributed by atoms with Gasteiger partial charge in [-0.05, 0) is 18.1 Å². The molecule has 0 spiro atoms. The zero-order valence-corrected chi connectivity index (χ0v) is 10.3. The van der Waals surface area contributed by atoms with E-state index in [-0.39, 0.29) is 13.2 Å². The Morgan fingerprint density at radius 3 is 2.67 bits per heavy atom. The maximum Gasteiger partial charge on any atom is 0.391 e. The Bertz CT molecular complexity index is 338. The minimum absolute atomic E-state index is 0.150. The van der Waals surface area contributed by atoms with Gasteiger partial charge in [-0.3, -0.25) is 0 Å². The molecule has 0 aliphatic heterocycles. The van der Waals surface area contributed by atoms with Gasteiger partial charge in [-0.25, -0.2) is 4.98 Å². The second-order valence-electron chi connectivity index (χ2n) is 3.90. The molecule has 1 aromatic heterocycles. The Labute approximate surface area is 104 Å². The molecular weight excluding hydrogens is 245 g/mol. The molecule has 0 aliphatic carbocycles. The summed E-state index contributed by atoms with van der Waals surface area (Å²) in [6.45, 7) is 2.72. The molecule has 0 fully saturated rings. The van der Waals surface area contributed by atoms with Crippen molar-refractivity contribution in [3.63, 3.8) is 0 Å². The summed E-state index contributed by atoms with van der Waals surface area (Å²) in [5.74, 6) is 0.760. The third-order valence-corrected chi connectivity index (χ3v) is 2.18. The smallest absolute Gasteiger partial charge is 0.376 e. The first-order valence-electron chi connectivity index (χ1n) is 5.84. The number of aromatic nitrogens is 1. The number of pyridine rings is 1. The Hall–Kier alpha value is -1.30. The molecule has 0 unspecified atom stereocenters. The molecule has 0 atom stereocenters. The molecule has 0 saturated heterocycles. The third-order valence-electron chi connectivity index (χ3n) is 2.18. The predicted octanol–water partition coefficient (Wildman–Crippen LogP) is 3.37. The summed E-state index contributed by atoms with van der Waals surface area (Å²) in [7, 11) is 0. The van der Waals surface area contributed by atoms with Crippen LogP contribution >= 0.6 is 0 Å². The number of anilines is 1. The molecule has 3 nitrogen and oxygen atoms in total. The quantitative estimate of drug-likeness (QED) is 0.765. The van der Waals surface area contributed by atoms with Crippen molar-refractivity contribution in [1.82, 2.24) is 4.98 Å². The van der Waals surface area contributed by atoms with E-state index in [9.17, 15) is 13.2 Å². The van der Waals surface area contributed by atoms with E-state index in [2.05, 4.69) is 17.2 Å². The zero-order valence-electron chi connectivity index (χ0n) is 10.3. The number of hydrogen-bond acceptors (Lipinski definition) is 3. The fourth-order valence-corrected chi connectivity index (χ4v) is 1.25. The second kappa shape index (κ2) is 7.20. The molecule has 0 aliphatic rings. The number of nitrogens with one attached hydrogen (secondary N) is 1. The van der Waals surface area contributed by atoms with Crippen LogP contribution in [0.1, 0.15) is 25.3 Å². The zero-order chi connectivity index (χ0) is 13.4. The Morgan fingerprint density at radius 1 is 1.33 bits per heavy atom. The van der Waals surface area contributed by atoms with Gasteiger partial charge in [0.05, 0.1) is 19.6 Å². The highest BCUT2D eigenvalue weighted by atomic mass is 19.4. The maximum atomic E-state index is 11.9. The highest BCUT2D eigenvalue weighted by Crippen LogP contribution is 2.19. The van der Waals surface area contributed by atoms with Gasteiger partial charge in [-0.1, -0.05) is 13.0 Å². The van der Waals surface area contributed by atoms with E-state index in [1.807, 2.05) is 0 Å². The standard InChI is InChI=1S/C12H17F3N2O/c1-2-6-16-11-4-3-10(8-17-11)9-18-7-5-12(13,14)15/h3-4,8H,2,5-7,9H2,1H3,(H,16,17). The van der Waals surface area contributed by atoms with Crippen molar-refractivity contribution < 1.29 is 17.9 Å². The number of ether oxygens (including phenoxy) is 1. The highest BCUT2D eigenvalue weighted by Gasteiger charge is 2.26. The van der Waals surface area contributed by atoms with Crippen LogP contribution in [0, 0.1) is 0 Å². The lowest BCUT2D eigenvalue weighted by Gasteiger charge is -2.08. The molecule has 0 aromatic carbocycles. The number of hydrogen-bond donors (Lipinski definition) is 1. The van der Waals surface area contributed by atoms with Crippen molar-refractivity contribution in [2.75, 3.05) is 18.5 Å². The molecule has 0 bridgehead atoms. The van der Waals surface area contributed by atoms with Crippen LogP contribution < -0.4 is 5.32 Å². The lowest BCUT2D eigenvalue weighted by molar-refractivity contribution is -0.146. The minimum atomic E-state index is -4.16. The summed E-state index contributed by atoms with van der Waals surface area (Å²) in [6, 6.07) is 3.58. The molecule has 1 N–H and O–H groups in total. The number of halogens is 3. The lowest BCUT2D eigenvalue weighted by atomic mass is 10.3. The number of nitrogens with zero attached hydrogens (tertiary/aromatic N) is 1. The van der Waals surface area contributed by atoms with Crippen LogP contribution in [0.5, 0.6) is 0 Å². The monoisotopic (exact) mass is 262 g/mol. The van der Waals surface area contributed by atoms with Crippen LogP contribution in [-0.2, 0) is 11.3 Å². The second-order valence-corrected chi connectivity index (χ2v) is 3.90. The van der Waals surface area contributed by atoms with Crippen molar-refractivity contribution in [3.8, 4) is 0 Å². The Balaban J connectivity index is 2.26. The maximum absolute atomic E-state index is 11.9. The molecule has 6 heteroatoms. The van der Waals surface area contributed by atoms with E-state index >= 15 is 0 Å². The molecule has 1 heterocycles. The van der Waals surface area contributed by atoms with Crippen LogP contribution in [0.2, 0.25) is 0 Å². The minimum Gasteiger partial charge on any atom is -0.376 e. The molecule has 1 aromatic rings. The van der Waals surface area contributed by atoms with Crippen LogP contribution in [0.25, 0.3) is 0 Å². The van der Waals surface area contributed by atoms with Gasteiger partial charge >= 0.3 is 6.18 Å². The van der Waals surface area contributed by atoms with Gasteiger partial charge in [0.15, 0.2) is 0 Å². The van der Waals surface area contributed by atoms with Crippen LogP contribution in [-0.4, -0.2) is 24.3 Å². The van der Waals surface area contributed by atoms with Crippen LogP contribution in [0.3, 0.4) is 0 Å². The number of alkyl halides is 3. The van der Waals surface area contributed by atoms with E-state index in [4.69, 9.17) is 4.74 Å². The third kappa shape index (κ3) is 6.44. The first-order valence-corrected chi connectivity index (χ1v) is 5.84. The SMILES string of the molecule is CCCNc1ccc(COCCC(F)(F)F)cn1. The van der Waals surface area contributed by atoms with E-state index < -0.39 is 12.6 Å². The molecule has 0 radical (unpaired) electrons. The highest BCUT2D eigenvalue weighted by molar-refractivity contribution is 5.35. The van der Waals surface area contributed by atoms with Crippen molar-refractivity contribution in [1.29, 1.82) is 0 Å². The summed E-state index contributed by atoms with van der Waals surface area (Å²) < 4.78 is 40.5. The predicted molar refractivity (Wildman–Crippen MR) is 63.3 cm³/mol. The first kappa shape index (κ1) is 14.8. The molecule has 102 valence electrons. The van der Waals surface area contributed by atoms with Crippen molar-refractivity contribution >= 4 is 5.82 Å². The van der Waals surface area contributed by atoms with Gasteiger partial charge in [-0.2, -0.15) is 13.2 Å². The van der Waals surface area contributed by atoms with Gasteiger partial charge in [-0.15, -0.1) is 0 Å². The van der Waals surface area contributed by atoms with Crippen molar-refractivity contribution in [2.45, 2.75) is 32.5 Å². The average molecular weight is 262 g/mol. The fraction of sp³-hybridized carbons (Fsp3) is 0.583. The van der Waals surface area contributed by atoms with Crippen LogP contribution in [0.15, 0.2) is 18.3 Å². The Morgan fingerprint density at radius 2 is 2.11 bits per heavy atom. The summed E-state index contributed by atoms with van der Waals surface area (Å²) in [5.41, 5.74) is 0.763. The fourth-order valence-electron chi connectivity index (χ4n) is 1.25. The van der Waals surface area contributed by atoms with Crippen molar-refractivity contribution in [2.24, 2.45) is 0 Å². The van der Waals surface area contributed by atoms with Gasteiger partial charge in [0.1, 0.15) is 5.82 Å². The Kier molecular flexibility index (Phi) is 5.91. The van der Waals surface area contributed by atoms with Gasteiger partial charge in [0.2, 0.25) is 0 Å². The first-order chi connectivity index (χ1) is 8.51.